The lowest BCUT2D eigenvalue weighted by atomic mass is 10.1. The largest absolute Gasteiger partial charge is 0.368 e. The average molecular weight is 408 g/mol. The summed E-state index contributed by atoms with van der Waals surface area (Å²) in [7, 11) is -3.65. The first-order chi connectivity index (χ1) is 13.8. The second kappa shape index (κ2) is 6.89. The molecule has 29 heavy (non-hydrogen) atoms. The first-order valence-electron chi connectivity index (χ1n) is 9.10. The summed E-state index contributed by atoms with van der Waals surface area (Å²) in [6, 6.07) is 18.1. The summed E-state index contributed by atoms with van der Waals surface area (Å²) in [5, 5.41) is 4.21. The van der Waals surface area contributed by atoms with Gasteiger partial charge >= 0.3 is 0 Å². The number of aromatic nitrogens is 2. The predicted octanol–water partition coefficient (Wildman–Crippen LogP) is 3.61. The van der Waals surface area contributed by atoms with Crippen LogP contribution in [0.5, 0.6) is 0 Å². The van der Waals surface area contributed by atoms with Crippen molar-refractivity contribution >= 4 is 49.4 Å². The molecule has 148 valence electrons. The van der Waals surface area contributed by atoms with Crippen molar-refractivity contribution in [1.82, 2.24) is 8.96 Å². The first kappa shape index (κ1) is 18.9. The van der Waals surface area contributed by atoms with Crippen LogP contribution < -0.4 is 11.1 Å². The van der Waals surface area contributed by atoms with E-state index in [1.165, 1.54) is 0 Å². The van der Waals surface area contributed by atoms with E-state index in [1.54, 1.807) is 38.1 Å². The molecule has 0 aliphatic rings. The Labute approximate surface area is 168 Å². The van der Waals surface area contributed by atoms with E-state index in [1.807, 2.05) is 36.4 Å². The summed E-state index contributed by atoms with van der Waals surface area (Å²) < 4.78 is 26.2. The Morgan fingerprint density at radius 3 is 2.48 bits per heavy atom. The van der Waals surface area contributed by atoms with E-state index in [-0.39, 0.29) is 11.9 Å². The SMILES string of the molecule is CC(C)S(=O)(=O)n1c(N)nc2cc(NC(=O)c3ccc4ccccc4c3)ccc21. The topological polar surface area (TPSA) is 107 Å². The van der Waals surface area contributed by atoms with E-state index in [2.05, 4.69) is 10.3 Å². The minimum atomic E-state index is -3.65. The molecule has 3 N–H and O–H groups in total. The molecule has 0 fully saturated rings. The van der Waals surface area contributed by atoms with Crippen LogP contribution in [0.4, 0.5) is 11.6 Å². The fraction of sp³-hybridized carbons (Fsp3) is 0.143. The Hall–Kier alpha value is -3.39. The zero-order valence-corrected chi connectivity index (χ0v) is 16.8. The summed E-state index contributed by atoms with van der Waals surface area (Å²) in [5.74, 6) is -0.371. The van der Waals surface area contributed by atoms with Crippen molar-refractivity contribution in [3.63, 3.8) is 0 Å². The molecule has 7 nitrogen and oxygen atoms in total. The van der Waals surface area contributed by atoms with Crippen molar-refractivity contribution < 1.29 is 13.2 Å². The highest BCUT2D eigenvalue weighted by molar-refractivity contribution is 7.90. The average Bonchev–Trinajstić information content (AvgIpc) is 3.03. The summed E-state index contributed by atoms with van der Waals surface area (Å²) in [6.07, 6.45) is 0. The van der Waals surface area contributed by atoms with Gasteiger partial charge in [-0.1, -0.05) is 30.3 Å². The smallest absolute Gasteiger partial charge is 0.255 e. The highest BCUT2D eigenvalue weighted by atomic mass is 32.2. The van der Waals surface area contributed by atoms with Gasteiger partial charge in [-0.3, -0.25) is 4.79 Å². The van der Waals surface area contributed by atoms with Crippen LogP contribution in [-0.4, -0.2) is 28.5 Å². The molecule has 0 spiro atoms. The van der Waals surface area contributed by atoms with E-state index < -0.39 is 15.3 Å². The molecule has 0 atom stereocenters. The summed E-state index contributed by atoms with van der Waals surface area (Å²) in [5.41, 5.74) is 7.65. The monoisotopic (exact) mass is 408 g/mol. The Morgan fingerprint density at radius 2 is 1.76 bits per heavy atom. The first-order valence-corrected chi connectivity index (χ1v) is 10.6. The maximum atomic E-state index is 12.7. The third-order valence-electron chi connectivity index (χ3n) is 4.76. The van der Waals surface area contributed by atoms with Crippen LogP contribution in [0.1, 0.15) is 24.2 Å². The fourth-order valence-electron chi connectivity index (χ4n) is 3.17. The lowest BCUT2D eigenvalue weighted by Gasteiger charge is -2.11. The van der Waals surface area contributed by atoms with E-state index in [9.17, 15) is 13.2 Å². The third-order valence-corrected chi connectivity index (χ3v) is 6.84. The van der Waals surface area contributed by atoms with E-state index in [0.29, 0.717) is 22.3 Å². The van der Waals surface area contributed by atoms with E-state index in [4.69, 9.17) is 5.73 Å². The summed E-state index contributed by atoms with van der Waals surface area (Å²) in [6.45, 7) is 3.16. The molecule has 1 heterocycles. The van der Waals surface area contributed by atoms with Crippen LogP contribution in [0.25, 0.3) is 21.8 Å². The highest BCUT2D eigenvalue weighted by Gasteiger charge is 2.24. The minimum Gasteiger partial charge on any atom is -0.368 e. The van der Waals surface area contributed by atoms with Crippen LogP contribution in [0.3, 0.4) is 0 Å². The molecular weight excluding hydrogens is 388 g/mol. The van der Waals surface area contributed by atoms with Gasteiger partial charge in [0.2, 0.25) is 16.0 Å². The lowest BCUT2D eigenvalue weighted by molar-refractivity contribution is 0.102. The number of nitrogens with one attached hydrogen (secondary N) is 1. The molecule has 0 bridgehead atoms. The van der Waals surface area contributed by atoms with Gasteiger partial charge in [0.1, 0.15) is 0 Å². The Bertz CT molecular complexity index is 1360. The zero-order valence-electron chi connectivity index (χ0n) is 16.0. The van der Waals surface area contributed by atoms with Crippen LogP contribution >= 0.6 is 0 Å². The molecule has 0 aliphatic heterocycles. The molecule has 0 radical (unpaired) electrons. The third kappa shape index (κ3) is 3.31. The van der Waals surface area contributed by atoms with Gasteiger partial charge in [0.05, 0.1) is 16.3 Å². The second-order valence-electron chi connectivity index (χ2n) is 7.05. The van der Waals surface area contributed by atoms with Gasteiger partial charge < -0.3 is 11.1 Å². The number of hydrogen-bond acceptors (Lipinski definition) is 5. The van der Waals surface area contributed by atoms with Crippen molar-refractivity contribution in [2.24, 2.45) is 0 Å². The molecule has 0 unspecified atom stereocenters. The second-order valence-corrected chi connectivity index (χ2v) is 9.39. The number of benzene rings is 3. The molecule has 0 saturated carbocycles. The van der Waals surface area contributed by atoms with Gasteiger partial charge in [-0.15, -0.1) is 0 Å². The van der Waals surface area contributed by atoms with Crippen LogP contribution in [-0.2, 0) is 10.0 Å². The quantitative estimate of drug-likeness (QED) is 0.536. The number of amides is 1. The number of rotatable bonds is 4. The van der Waals surface area contributed by atoms with Crippen molar-refractivity contribution in [2.45, 2.75) is 19.1 Å². The molecule has 1 amide bonds. The van der Waals surface area contributed by atoms with Gasteiger partial charge in [-0.2, -0.15) is 0 Å². The maximum Gasteiger partial charge on any atom is 0.255 e. The van der Waals surface area contributed by atoms with Crippen molar-refractivity contribution in [3.05, 3.63) is 66.2 Å². The number of carbonyl (C=O) groups is 1. The van der Waals surface area contributed by atoms with Gasteiger partial charge in [0, 0.05) is 11.3 Å². The van der Waals surface area contributed by atoms with E-state index >= 15 is 0 Å². The number of fused-ring (bicyclic) bond motifs is 2. The normalized spacial score (nSPS) is 12.0. The van der Waals surface area contributed by atoms with Crippen LogP contribution in [0, 0.1) is 0 Å². The Kier molecular flexibility index (Phi) is 4.50. The molecule has 8 heteroatoms. The minimum absolute atomic E-state index is 0.105. The molecule has 4 rings (SSSR count). The molecule has 4 aromatic rings. The Balaban J connectivity index is 1.67. The standard InChI is InChI=1S/C21H20N4O3S/c1-13(2)29(27,28)25-19-10-9-17(12-18(19)24-21(25)22)23-20(26)16-8-7-14-5-3-4-6-15(14)11-16/h3-13H,1-2H3,(H2,22,24)(H,23,26). The van der Waals surface area contributed by atoms with Crippen molar-refractivity contribution in [3.8, 4) is 0 Å². The molecule has 3 aromatic carbocycles. The van der Waals surface area contributed by atoms with Gasteiger partial charge in [-0.25, -0.2) is 17.4 Å². The number of nitrogens with zero attached hydrogens (tertiary/aromatic N) is 2. The maximum absolute atomic E-state index is 12.7. The van der Waals surface area contributed by atoms with Gasteiger partial charge in [0.15, 0.2) is 0 Å². The predicted molar refractivity (Wildman–Crippen MR) is 116 cm³/mol. The number of nitrogen functional groups attached to an aromatic ring is 1. The van der Waals surface area contributed by atoms with E-state index in [0.717, 1.165) is 14.7 Å². The zero-order chi connectivity index (χ0) is 20.8. The molecule has 0 aliphatic carbocycles. The fourth-order valence-corrected chi connectivity index (χ4v) is 4.32. The van der Waals surface area contributed by atoms with Crippen molar-refractivity contribution in [2.75, 3.05) is 11.1 Å². The molecule has 1 aromatic heterocycles. The van der Waals surface area contributed by atoms with Gasteiger partial charge in [0.25, 0.3) is 5.91 Å². The number of imidazole rings is 1. The lowest BCUT2D eigenvalue weighted by Crippen LogP contribution is -2.23. The number of nitrogens with two attached hydrogens (primary N) is 1. The Morgan fingerprint density at radius 1 is 1.03 bits per heavy atom. The molecular formula is C21H20N4O3S. The summed E-state index contributed by atoms with van der Waals surface area (Å²) >= 11 is 0. The van der Waals surface area contributed by atoms with Crippen LogP contribution in [0.15, 0.2) is 60.7 Å². The van der Waals surface area contributed by atoms with Crippen molar-refractivity contribution in [1.29, 1.82) is 0 Å². The summed E-state index contributed by atoms with van der Waals surface area (Å²) in [4.78, 5) is 16.8. The molecule has 0 saturated heterocycles. The number of carbonyl (C=O) groups excluding carboxylic acids is 1. The number of hydrogen-bond donors (Lipinski definition) is 2. The highest BCUT2D eigenvalue weighted by Crippen LogP contribution is 2.25. The van der Waals surface area contributed by atoms with Crippen LogP contribution in [0.2, 0.25) is 0 Å². The van der Waals surface area contributed by atoms with Gasteiger partial charge in [-0.05, 0) is 55.0 Å². The number of anilines is 2.